The minimum atomic E-state index is 0.0369. The fourth-order valence-corrected chi connectivity index (χ4v) is 3.59. The highest BCUT2D eigenvalue weighted by Crippen LogP contribution is 2.30. The van der Waals surface area contributed by atoms with Crippen molar-refractivity contribution in [1.82, 2.24) is 19.9 Å². The van der Waals surface area contributed by atoms with Gasteiger partial charge in [0.25, 0.3) is 0 Å². The third-order valence-corrected chi connectivity index (χ3v) is 4.90. The van der Waals surface area contributed by atoms with Gasteiger partial charge in [-0.1, -0.05) is 12.1 Å². The van der Waals surface area contributed by atoms with E-state index in [0.717, 1.165) is 27.5 Å². The van der Waals surface area contributed by atoms with Gasteiger partial charge in [-0.15, -0.1) is 0 Å². The zero-order valence-corrected chi connectivity index (χ0v) is 14.3. The van der Waals surface area contributed by atoms with Crippen molar-refractivity contribution < 1.29 is 5.11 Å². The number of benzene rings is 1. The third-order valence-electron chi connectivity index (χ3n) is 4.22. The van der Waals surface area contributed by atoms with Crippen molar-refractivity contribution in [3.8, 4) is 17.0 Å². The molecule has 0 aliphatic rings. The predicted molar refractivity (Wildman–Crippen MR) is 104 cm³/mol. The SMILES string of the molecule is Oc1[nH]c2ncc(-c3ccsc3)cc2c1C=Nc1nc2ccccc2[nH]1. The van der Waals surface area contributed by atoms with Crippen LogP contribution in [-0.2, 0) is 0 Å². The Labute approximate surface area is 151 Å². The fraction of sp³-hybridized carbons (Fsp3) is 0. The molecule has 0 saturated carbocycles. The average molecular weight is 359 g/mol. The Morgan fingerprint density at radius 3 is 2.88 bits per heavy atom. The van der Waals surface area contributed by atoms with Crippen LogP contribution in [0.1, 0.15) is 5.56 Å². The monoisotopic (exact) mass is 359 g/mol. The van der Waals surface area contributed by atoms with Crippen LogP contribution in [0, 0.1) is 0 Å². The van der Waals surface area contributed by atoms with Crippen molar-refractivity contribution in [3.05, 3.63) is 58.9 Å². The second-order valence-electron chi connectivity index (χ2n) is 5.86. The molecule has 0 unspecified atom stereocenters. The number of H-pyrrole nitrogens is 2. The maximum absolute atomic E-state index is 10.3. The zero-order chi connectivity index (χ0) is 17.5. The number of rotatable bonds is 3. The summed E-state index contributed by atoms with van der Waals surface area (Å²) in [7, 11) is 0. The number of aromatic hydroxyl groups is 1. The highest BCUT2D eigenvalue weighted by Gasteiger charge is 2.12. The van der Waals surface area contributed by atoms with Crippen LogP contribution in [-0.4, -0.2) is 31.3 Å². The van der Waals surface area contributed by atoms with E-state index in [2.05, 4.69) is 30.3 Å². The number of nitrogens with zero attached hydrogens (tertiary/aromatic N) is 3. The van der Waals surface area contributed by atoms with E-state index in [4.69, 9.17) is 0 Å². The van der Waals surface area contributed by atoms with Crippen LogP contribution in [0.15, 0.2) is 58.3 Å². The van der Waals surface area contributed by atoms with Gasteiger partial charge in [0.1, 0.15) is 5.65 Å². The molecule has 0 bridgehead atoms. The number of imidazole rings is 1. The minimum absolute atomic E-state index is 0.0369. The lowest BCUT2D eigenvalue weighted by atomic mass is 10.1. The molecule has 1 aromatic carbocycles. The van der Waals surface area contributed by atoms with Crippen LogP contribution in [0.4, 0.5) is 5.95 Å². The van der Waals surface area contributed by atoms with E-state index in [1.165, 1.54) is 0 Å². The molecule has 126 valence electrons. The molecule has 0 fully saturated rings. The maximum atomic E-state index is 10.3. The summed E-state index contributed by atoms with van der Waals surface area (Å²) in [5.74, 6) is 0.525. The Kier molecular flexibility index (Phi) is 3.32. The molecule has 5 aromatic rings. The minimum Gasteiger partial charge on any atom is -0.494 e. The highest BCUT2D eigenvalue weighted by molar-refractivity contribution is 7.08. The van der Waals surface area contributed by atoms with Gasteiger partial charge < -0.3 is 15.1 Å². The Morgan fingerprint density at radius 1 is 1.12 bits per heavy atom. The molecule has 0 aliphatic heterocycles. The summed E-state index contributed by atoms with van der Waals surface area (Å²) < 4.78 is 0. The number of thiophene rings is 1. The van der Waals surface area contributed by atoms with Crippen LogP contribution in [0.3, 0.4) is 0 Å². The van der Waals surface area contributed by atoms with E-state index in [1.807, 2.05) is 41.8 Å². The topological polar surface area (TPSA) is 89.9 Å². The van der Waals surface area contributed by atoms with Crippen molar-refractivity contribution >= 4 is 45.6 Å². The summed E-state index contributed by atoms with van der Waals surface area (Å²) in [5.41, 5.74) is 5.08. The summed E-state index contributed by atoms with van der Waals surface area (Å²) >= 11 is 1.64. The lowest BCUT2D eigenvalue weighted by molar-refractivity contribution is 0.457. The van der Waals surface area contributed by atoms with Crippen LogP contribution in [0.2, 0.25) is 0 Å². The summed E-state index contributed by atoms with van der Waals surface area (Å²) in [4.78, 5) is 19.3. The van der Waals surface area contributed by atoms with Gasteiger partial charge >= 0.3 is 0 Å². The number of aromatic amines is 2. The molecule has 0 aliphatic carbocycles. The van der Waals surface area contributed by atoms with E-state index >= 15 is 0 Å². The Hall–Kier alpha value is -3.45. The Morgan fingerprint density at radius 2 is 2.04 bits per heavy atom. The number of hydrogen-bond acceptors (Lipinski definition) is 5. The molecule has 0 spiro atoms. The molecule has 5 rings (SSSR count). The van der Waals surface area contributed by atoms with E-state index in [0.29, 0.717) is 17.2 Å². The van der Waals surface area contributed by atoms with Gasteiger partial charge in [0.05, 0.1) is 16.6 Å². The van der Waals surface area contributed by atoms with Crippen LogP contribution in [0.5, 0.6) is 5.88 Å². The molecule has 0 saturated heterocycles. The van der Waals surface area contributed by atoms with E-state index in [9.17, 15) is 5.11 Å². The van der Waals surface area contributed by atoms with E-state index in [1.54, 1.807) is 23.7 Å². The summed E-state index contributed by atoms with van der Waals surface area (Å²) in [6.45, 7) is 0. The van der Waals surface area contributed by atoms with Crippen LogP contribution < -0.4 is 0 Å². The standard InChI is InChI=1S/C19H13N5OS/c25-18-14(9-21-19-22-15-3-1-2-4-16(15)23-19)13-7-12(8-20-17(13)24-18)11-5-6-26-10-11/h1-10,25H,(H,20,24)(H,22,23). The molecule has 0 atom stereocenters. The van der Waals surface area contributed by atoms with E-state index < -0.39 is 0 Å². The van der Waals surface area contributed by atoms with Gasteiger partial charge in [-0.3, -0.25) is 0 Å². The second kappa shape index (κ2) is 5.82. The molecule has 7 heteroatoms. The van der Waals surface area contributed by atoms with Crippen molar-refractivity contribution in [2.75, 3.05) is 0 Å². The molecule has 4 heterocycles. The molecule has 0 radical (unpaired) electrons. The number of pyridine rings is 1. The van der Waals surface area contributed by atoms with Gasteiger partial charge in [-0.2, -0.15) is 11.3 Å². The Bertz CT molecular complexity index is 1220. The first-order valence-electron chi connectivity index (χ1n) is 8.00. The first-order chi connectivity index (χ1) is 12.8. The van der Waals surface area contributed by atoms with Crippen LogP contribution >= 0.6 is 11.3 Å². The molecule has 3 N–H and O–H groups in total. The third kappa shape index (κ3) is 2.46. The summed E-state index contributed by atoms with van der Waals surface area (Å²) in [6, 6.07) is 11.8. The number of para-hydroxylation sites is 2. The van der Waals surface area contributed by atoms with Gasteiger partial charge in [0, 0.05) is 23.4 Å². The number of hydrogen-bond donors (Lipinski definition) is 3. The van der Waals surface area contributed by atoms with Crippen molar-refractivity contribution in [2.24, 2.45) is 4.99 Å². The zero-order valence-electron chi connectivity index (χ0n) is 13.5. The predicted octanol–water partition coefficient (Wildman–Crippen LogP) is 4.62. The number of aliphatic imine (C=N–C) groups is 1. The highest BCUT2D eigenvalue weighted by atomic mass is 32.1. The smallest absolute Gasteiger partial charge is 0.227 e. The first-order valence-corrected chi connectivity index (χ1v) is 8.94. The average Bonchev–Trinajstić information content (AvgIpc) is 3.37. The quantitative estimate of drug-likeness (QED) is 0.410. The van der Waals surface area contributed by atoms with Gasteiger partial charge in [0.2, 0.25) is 5.95 Å². The molecule has 6 nitrogen and oxygen atoms in total. The maximum Gasteiger partial charge on any atom is 0.227 e. The second-order valence-corrected chi connectivity index (χ2v) is 6.64. The molecule has 4 aromatic heterocycles. The van der Waals surface area contributed by atoms with Gasteiger partial charge in [-0.25, -0.2) is 15.0 Å². The number of nitrogens with one attached hydrogen (secondary N) is 2. The van der Waals surface area contributed by atoms with Crippen LogP contribution in [0.25, 0.3) is 33.2 Å². The van der Waals surface area contributed by atoms with Crippen molar-refractivity contribution in [1.29, 1.82) is 0 Å². The van der Waals surface area contributed by atoms with Gasteiger partial charge in [-0.05, 0) is 40.6 Å². The number of aromatic nitrogens is 4. The lowest BCUT2D eigenvalue weighted by Crippen LogP contribution is -1.83. The first kappa shape index (κ1) is 14.9. The van der Waals surface area contributed by atoms with Crippen molar-refractivity contribution in [3.63, 3.8) is 0 Å². The largest absolute Gasteiger partial charge is 0.494 e. The molecular weight excluding hydrogens is 346 g/mol. The summed E-state index contributed by atoms with van der Waals surface area (Å²) in [5, 5.41) is 15.2. The van der Waals surface area contributed by atoms with E-state index in [-0.39, 0.29) is 5.88 Å². The Balaban J connectivity index is 1.59. The van der Waals surface area contributed by atoms with Gasteiger partial charge in [0.15, 0.2) is 5.88 Å². The fourth-order valence-electron chi connectivity index (χ4n) is 2.92. The normalized spacial score (nSPS) is 11.8. The molecule has 0 amide bonds. The van der Waals surface area contributed by atoms with Crippen molar-refractivity contribution in [2.45, 2.75) is 0 Å². The molecular formula is C19H13N5OS. The number of fused-ring (bicyclic) bond motifs is 2. The lowest BCUT2D eigenvalue weighted by Gasteiger charge is -1.98. The summed E-state index contributed by atoms with van der Waals surface area (Å²) in [6.07, 6.45) is 3.39. The molecule has 26 heavy (non-hydrogen) atoms.